The molecule has 1 amide bonds. The summed E-state index contributed by atoms with van der Waals surface area (Å²) in [4.78, 5) is 16.8. The van der Waals surface area contributed by atoms with Crippen molar-refractivity contribution in [1.82, 2.24) is 4.90 Å². The van der Waals surface area contributed by atoms with Gasteiger partial charge in [-0.1, -0.05) is 31.0 Å². The number of unbranched alkanes of at least 4 members (excludes halogenated alkanes) is 1. The Kier molecular flexibility index (Phi) is 6.45. The third kappa shape index (κ3) is 4.66. The number of piperazine rings is 1. The lowest BCUT2D eigenvalue weighted by Gasteiger charge is -2.37. The molecule has 2 aromatic carbocycles. The van der Waals surface area contributed by atoms with Gasteiger partial charge in [0, 0.05) is 31.7 Å². The van der Waals surface area contributed by atoms with Crippen molar-refractivity contribution in [2.24, 2.45) is 0 Å². The minimum absolute atomic E-state index is 0.0434. The number of ether oxygens (including phenoxy) is 1. The molecule has 144 valence electrons. The number of benzene rings is 2. The fraction of sp³-hybridized carbons (Fsp3) is 0.381. The standard InChI is InChI=1S/C21H26ClN3O2/c1-2-3-15-27-17-9-7-16(8-10-17)21(26)25-13-11-24(12-14-25)20-18(22)5-4-6-19(20)23/h4-10H,2-3,11-15,23H2,1H3. The second kappa shape index (κ2) is 9.00. The first-order valence-electron chi connectivity index (χ1n) is 9.41. The van der Waals surface area contributed by atoms with Gasteiger partial charge in [-0.2, -0.15) is 0 Å². The summed E-state index contributed by atoms with van der Waals surface area (Å²) in [5, 5.41) is 0.647. The molecule has 0 radical (unpaired) electrons. The van der Waals surface area contributed by atoms with Crippen LogP contribution < -0.4 is 15.4 Å². The van der Waals surface area contributed by atoms with E-state index in [2.05, 4.69) is 11.8 Å². The highest BCUT2D eigenvalue weighted by Gasteiger charge is 2.24. The van der Waals surface area contributed by atoms with Gasteiger partial charge >= 0.3 is 0 Å². The zero-order chi connectivity index (χ0) is 19.2. The molecule has 0 aromatic heterocycles. The second-order valence-electron chi connectivity index (χ2n) is 6.68. The molecule has 1 heterocycles. The van der Waals surface area contributed by atoms with Crippen molar-refractivity contribution in [2.75, 3.05) is 43.4 Å². The summed E-state index contributed by atoms with van der Waals surface area (Å²) < 4.78 is 5.66. The maximum atomic E-state index is 12.8. The Morgan fingerprint density at radius 1 is 1.11 bits per heavy atom. The Morgan fingerprint density at radius 2 is 1.81 bits per heavy atom. The number of nitrogens with two attached hydrogens (primary N) is 1. The van der Waals surface area contributed by atoms with E-state index in [9.17, 15) is 4.79 Å². The van der Waals surface area contributed by atoms with Crippen LogP contribution in [0.1, 0.15) is 30.1 Å². The lowest BCUT2D eigenvalue weighted by Crippen LogP contribution is -2.49. The van der Waals surface area contributed by atoms with E-state index in [1.807, 2.05) is 47.4 Å². The summed E-state index contributed by atoms with van der Waals surface area (Å²) in [5.74, 6) is 0.848. The van der Waals surface area contributed by atoms with Crippen LogP contribution in [0.5, 0.6) is 5.75 Å². The summed E-state index contributed by atoms with van der Waals surface area (Å²) in [5.41, 5.74) is 8.29. The van der Waals surface area contributed by atoms with Gasteiger partial charge in [0.1, 0.15) is 5.75 Å². The Balaban J connectivity index is 1.58. The largest absolute Gasteiger partial charge is 0.494 e. The van der Waals surface area contributed by atoms with E-state index in [4.69, 9.17) is 22.1 Å². The summed E-state index contributed by atoms with van der Waals surface area (Å²) in [6.07, 6.45) is 2.13. The minimum Gasteiger partial charge on any atom is -0.494 e. The lowest BCUT2D eigenvalue weighted by atomic mass is 10.1. The van der Waals surface area contributed by atoms with Crippen molar-refractivity contribution in [1.29, 1.82) is 0 Å². The molecule has 0 unspecified atom stereocenters. The number of rotatable bonds is 6. The molecule has 0 spiro atoms. The number of hydrogen-bond acceptors (Lipinski definition) is 4. The molecule has 0 aliphatic carbocycles. The van der Waals surface area contributed by atoms with Gasteiger partial charge in [-0.05, 0) is 42.8 Å². The molecule has 1 fully saturated rings. The zero-order valence-electron chi connectivity index (χ0n) is 15.7. The van der Waals surface area contributed by atoms with Gasteiger partial charge < -0.3 is 20.3 Å². The van der Waals surface area contributed by atoms with Crippen molar-refractivity contribution in [3.05, 3.63) is 53.1 Å². The molecule has 3 rings (SSSR count). The molecule has 0 atom stereocenters. The van der Waals surface area contributed by atoms with Crippen LogP contribution in [0.4, 0.5) is 11.4 Å². The molecule has 2 N–H and O–H groups in total. The van der Waals surface area contributed by atoms with Gasteiger partial charge in [0.25, 0.3) is 5.91 Å². The summed E-state index contributed by atoms with van der Waals surface area (Å²) in [7, 11) is 0. The molecule has 5 nitrogen and oxygen atoms in total. The maximum absolute atomic E-state index is 12.8. The van der Waals surface area contributed by atoms with Crippen LogP contribution in [0.25, 0.3) is 0 Å². The Hall–Kier alpha value is -2.40. The van der Waals surface area contributed by atoms with E-state index in [1.54, 1.807) is 0 Å². The second-order valence-corrected chi connectivity index (χ2v) is 7.09. The highest BCUT2D eigenvalue weighted by atomic mass is 35.5. The highest BCUT2D eigenvalue weighted by molar-refractivity contribution is 6.34. The van der Waals surface area contributed by atoms with Gasteiger partial charge in [0.15, 0.2) is 0 Å². The first-order chi connectivity index (χ1) is 13.1. The van der Waals surface area contributed by atoms with E-state index in [0.717, 1.165) is 24.3 Å². The summed E-state index contributed by atoms with van der Waals surface area (Å²) in [6.45, 7) is 5.52. The highest BCUT2D eigenvalue weighted by Crippen LogP contribution is 2.32. The predicted molar refractivity (Wildman–Crippen MR) is 111 cm³/mol. The van der Waals surface area contributed by atoms with Crippen LogP contribution in [0, 0.1) is 0 Å². The Bertz CT molecular complexity index is 751. The monoisotopic (exact) mass is 387 g/mol. The maximum Gasteiger partial charge on any atom is 0.253 e. The lowest BCUT2D eigenvalue weighted by molar-refractivity contribution is 0.0747. The van der Waals surface area contributed by atoms with E-state index in [-0.39, 0.29) is 5.91 Å². The van der Waals surface area contributed by atoms with Gasteiger partial charge in [-0.3, -0.25) is 4.79 Å². The molecule has 1 aliphatic rings. The van der Waals surface area contributed by atoms with Crippen LogP contribution in [0.15, 0.2) is 42.5 Å². The number of carbonyl (C=O) groups excluding carboxylic acids is 1. The third-order valence-electron chi connectivity index (χ3n) is 4.77. The van der Waals surface area contributed by atoms with Gasteiger partial charge in [-0.15, -0.1) is 0 Å². The van der Waals surface area contributed by atoms with E-state index in [0.29, 0.717) is 49.1 Å². The number of amides is 1. The third-order valence-corrected chi connectivity index (χ3v) is 5.07. The number of halogens is 1. The fourth-order valence-corrected chi connectivity index (χ4v) is 3.51. The van der Waals surface area contributed by atoms with Crippen LogP contribution >= 0.6 is 11.6 Å². The van der Waals surface area contributed by atoms with E-state index in [1.165, 1.54) is 0 Å². The van der Waals surface area contributed by atoms with Crippen LogP contribution in [-0.4, -0.2) is 43.6 Å². The van der Waals surface area contributed by atoms with Crippen molar-refractivity contribution in [2.45, 2.75) is 19.8 Å². The summed E-state index contributed by atoms with van der Waals surface area (Å²) >= 11 is 6.30. The topological polar surface area (TPSA) is 58.8 Å². The minimum atomic E-state index is 0.0434. The van der Waals surface area contributed by atoms with E-state index >= 15 is 0 Å². The van der Waals surface area contributed by atoms with E-state index < -0.39 is 0 Å². The number of carbonyl (C=O) groups is 1. The molecule has 1 saturated heterocycles. The van der Waals surface area contributed by atoms with Gasteiger partial charge in [0.05, 0.1) is 23.0 Å². The summed E-state index contributed by atoms with van der Waals surface area (Å²) in [6, 6.07) is 12.9. The molecular formula is C21H26ClN3O2. The van der Waals surface area contributed by atoms with Crippen molar-refractivity contribution in [3.63, 3.8) is 0 Å². The van der Waals surface area contributed by atoms with Crippen LogP contribution in [0.3, 0.4) is 0 Å². The number of para-hydroxylation sites is 1. The van der Waals surface area contributed by atoms with Gasteiger partial charge in [-0.25, -0.2) is 0 Å². The first kappa shape index (κ1) is 19.4. The molecular weight excluding hydrogens is 362 g/mol. The van der Waals surface area contributed by atoms with Gasteiger partial charge in [0.2, 0.25) is 0 Å². The predicted octanol–water partition coefficient (Wildman–Crippen LogP) is 4.06. The Labute approximate surface area is 165 Å². The Morgan fingerprint density at radius 3 is 2.44 bits per heavy atom. The molecule has 27 heavy (non-hydrogen) atoms. The molecule has 1 aliphatic heterocycles. The number of nitrogens with zero attached hydrogens (tertiary/aromatic N) is 2. The molecule has 0 bridgehead atoms. The number of nitrogen functional groups attached to an aromatic ring is 1. The SMILES string of the molecule is CCCCOc1ccc(C(=O)N2CCN(c3c(N)cccc3Cl)CC2)cc1. The van der Waals surface area contributed by atoms with Crippen LogP contribution in [0.2, 0.25) is 5.02 Å². The quantitative estimate of drug-likeness (QED) is 0.599. The van der Waals surface area contributed by atoms with Crippen molar-refractivity contribution in [3.8, 4) is 5.75 Å². The normalized spacial score (nSPS) is 14.3. The fourth-order valence-electron chi connectivity index (χ4n) is 3.21. The van der Waals surface area contributed by atoms with Crippen LogP contribution in [-0.2, 0) is 0 Å². The van der Waals surface area contributed by atoms with Crippen molar-refractivity contribution < 1.29 is 9.53 Å². The molecule has 0 saturated carbocycles. The smallest absolute Gasteiger partial charge is 0.253 e. The van der Waals surface area contributed by atoms with Crippen molar-refractivity contribution >= 4 is 28.9 Å². The number of hydrogen-bond donors (Lipinski definition) is 1. The first-order valence-corrected chi connectivity index (χ1v) is 9.79. The molecule has 6 heteroatoms. The average molecular weight is 388 g/mol. The number of anilines is 2. The average Bonchev–Trinajstić information content (AvgIpc) is 2.69. The zero-order valence-corrected chi connectivity index (χ0v) is 16.4. The molecule has 2 aromatic rings.